The molecule has 85 heavy (non-hydrogen) atoms. The van der Waals surface area contributed by atoms with E-state index in [-0.39, 0.29) is 70.8 Å². The number of nitrogens with zero attached hydrogens (tertiary/aromatic N) is 14. The van der Waals surface area contributed by atoms with Crippen molar-refractivity contribution >= 4 is 87.1 Å². The van der Waals surface area contributed by atoms with Gasteiger partial charge < -0.3 is 49.3 Å². The average molecular weight is 1190 g/mol. The van der Waals surface area contributed by atoms with Crippen LogP contribution in [0.4, 0.5) is 27.2 Å². The number of nitrogens with two attached hydrogens (primary N) is 1. The number of hydrogen-bond donors (Lipinski definition) is 2. The van der Waals surface area contributed by atoms with Gasteiger partial charge in [-0.3, -0.25) is 29.0 Å². The van der Waals surface area contributed by atoms with Gasteiger partial charge in [-0.1, -0.05) is 0 Å². The van der Waals surface area contributed by atoms with E-state index in [1.54, 1.807) is 90.5 Å². The maximum absolute atomic E-state index is 13.3. The number of nitrogens with one attached hydrogen (secondary N) is 1. The molecule has 6 aromatic rings. The number of anilines is 3. The number of carbonyl (C=O) groups is 6. The number of fused-ring (bicyclic) bond motifs is 6. The normalized spacial score (nSPS) is 18.5. The number of aromatic nitrogens is 8. The summed E-state index contributed by atoms with van der Waals surface area (Å²) < 4.78 is 14.9. The first-order valence-electron chi connectivity index (χ1n) is 28.5. The number of carbonyl (C=O) groups excluding carboxylic acids is 6. The van der Waals surface area contributed by atoms with E-state index in [4.69, 9.17) is 31.8 Å². The highest BCUT2D eigenvalue weighted by Crippen LogP contribution is 2.35. The van der Waals surface area contributed by atoms with Crippen molar-refractivity contribution < 1.29 is 38.2 Å². The molecule has 24 nitrogen and oxygen atoms in total. The van der Waals surface area contributed by atoms with Crippen molar-refractivity contribution in [2.24, 2.45) is 0 Å². The smallest absolute Gasteiger partial charge is 0.410 e. The fraction of sp³-hybridized carbons (Fsp3) is 0.533. The van der Waals surface area contributed by atoms with E-state index >= 15 is 0 Å². The monoisotopic (exact) mass is 1190 g/mol. The molecule has 10 heterocycles. The molecule has 4 saturated heterocycles. The van der Waals surface area contributed by atoms with Gasteiger partial charge in [0.05, 0.1) is 35.3 Å². The number of piperazine rings is 2. The van der Waals surface area contributed by atoms with Gasteiger partial charge >= 0.3 is 12.2 Å². The minimum atomic E-state index is -0.563. The molecule has 6 amide bonds. The zero-order valence-corrected chi connectivity index (χ0v) is 52.5. The molecule has 25 heteroatoms. The molecular weight excluding hydrogens is 1110 g/mol. The summed E-state index contributed by atoms with van der Waals surface area (Å²) in [6.45, 7) is 25.3. The van der Waals surface area contributed by atoms with Crippen LogP contribution in [0.3, 0.4) is 0 Å². The lowest BCUT2D eigenvalue weighted by molar-refractivity contribution is -0.00386. The van der Waals surface area contributed by atoms with Crippen LogP contribution in [0.1, 0.15) is 150 Å². The number of pyridine rings is 2. The molecule has 0 spiro atoms. The van der Waals surface area contributed by atoms with Crippen LogP contribution in [0, 0.1) is 0 Å². The Labute approximate surface area is 501 Å². The highest BCUT2D eigenvalue weighted by Gasteiger charge is 2.47. The van der Waals surface area contributed by atoms with Crippen molar-refractivity contribution in [1.82, 2.24) is 68.4 Å². The van der Waals surface area contributed by atoms with Crippen LogP contribution in [0.2, 0.25) is 5.28 Å². The van der Waals surface area contributed by atoms with Gasteiger partial charge in [0.1, 0.15) is 45.5 Å². The first-order chi connectivity index (χ1) is 39.6. The molecule has 4 fully saturated rings. The van der Waals surface area contributed by atoms with Crippen molar-refractivity contribution in [3.63, 3.8) is 0 Å². The van der Waals surface area contributed by atoms with Gasteiger partial charge in [-0.25, -0.2) is 29.5 Å². The second kappa shape index (κ2) is 24.1. The Hall–Kier alpha value is -8.15. The lowest BCUT2D eigenvalue weighted by Crippen LogP contribution is -2.57. The second-order valence-electron chi connectivity index (χ2n) is 26.4. The molecule has 0 radical (unpaired) electrons. The molecule has 4 aliphatic heterocycles. The molecule has 0 aromatic carbocycles. The first kappa shape index (κ1) is 62.9. The summed E-state index contributed by atoms with van der Waals surface area (Å²) >= 11 is 5.86. The van der Waals surface area contributed by atoms with Gasteiger partial charge in [-0.05, 0) is 157 Å². The van der Waals surface area contributed by atoms with Crippen LogP contribution in [-0.4, -0.2) is 194 Å². The number of ether oxygens (including phenoxy) is 2. The predicted octanol–water partition coefficient (Wildman–Crippen LogP) is 8.68. The van der Waals surface area contributed by atoms with Gasteiger partial charge in [0.25, 0.3) is 23.6 Å². The zero-order valence-electron chi connectivity index (χ0n) is 51.7. The number of halogens is 1. The Balaban J connectivity index is 0.000000184. The Bertz CT molecular complexity index is 3450. The highest BCUT2D eigenvalue weighted by molar-refractivity contribution is 6.28. The fourth-order valence-electron chi connectivity index (χ4n) is 11.1. The van der Waals surface area contributed by atoms with Crippen molar-refractivity contribution in [3.8, 4) is 0 Å². The molecule has 4 aliphatic rings. The van der Waals surface area contributed by atoms with Gasteiger partial charge in [0.15, 0.2) is 0 Å². The standard InChI is InChI=1S/C30H40N8O4.C17H24N4O3.C13H17ClN4O/c1-29(2,3)38-22(26(40)35(7)8)13-19-15-32-27(34-24(19)38)33-23-12-9-18(14-31-23)25(39)36-16-20-10-11-21(17-36)37(20)28(41)42-30(4,5)6;1-17(2,3)24-16(23)21-12-5-6-13(21)10-20(9-12)15(22)11-4-7-14(18)19-8-11;1-13(2,3)18-9(11(19)17(4)5)6-8-7-15-12(14)16-10(8)18/h9,12-15,20-21H,10-11,16-17H2,1-8H3,(H,31,32,33,34);4,7-8,12-13H,5-6,9-10H2,1-3H3,(H2,18,19);6-7H,1-5H3. The van der Waals surface area contributed by atoms with Crippen LogP contribution in [0.15, 0.2) is 61.2 Å². The van der Waals surface area contributed by atoms with E-state index in [9.17, 15) is 28.8 Å². The van der Waals surface area contributed by atoms with E-state index in [2.05, 4.69) is 30.2 Å². The minimum Gasteiger partial charge on any atom is -0.444 e. The molecule has 3 N–H and O–H groups in total. The van der Waals surface area contributed by atoms with Crippen molar-refractivity contribution in [1.29, 1.82) is 0 Å². The molecule has 10 rings (SSSR count). The van der Waals surface area contributed by atoms with Crippen LogP contribution in [-0.2, 0) is 20.6 Å². The largest absolute Gasteiger partial charge is 0.444 e. The molecule has 4 atom stereocenters. The van der Waals surface area contributed by atoms with Crippen LogP contribution >= 0.6 is 11.6 Å². The summed E-state index contributed by atoms with van der Waals surface area (Å²) in [4.78, 5) is 112. The lowest BCUT2D eigenvalue weighted by Gasteiger charge is -2.41. The summed E-state index contributed by atoms with van der Waals surface area (Å²) in [5.41, 5.74) is 7.25. The topological polar surface area (TPSA) is 266 Å². The third-order valence-corrected chi connectivity index (χ3v) is 14.9. The zero-order chi connectivity index (χ0) is 62.4. The summed E-state index contributed by atoms with van der Waals surface area (Å²) in [7, 11) is 6.90. The predicted molar refractivity (Wildman–Crippen MR) is 324 cm³/mol. The van der Waals surface area contributed by atoms with E-state index < -0.39 is 16.7 Å². The van der Waals surface area contributed by atoms with Gasteiger partial charge in [-0.15, -0.1) is 0 Å². The first-order valence-corrected chi connectivity index (χ1v) is 28.9. The van der Waals surface area contributed by atoms with E-state index in [1.807, 2.05) is 108 Å². The third-order valence-electron chi connectivity index (χ3n) is 14.7. The SMILES string of the molecule is CC(C)(C)OC(=O)N1C2CCC1CN(C(=O)c1ccc(N)nc1)C2.CN(C)C(=O)c1cc2cnc(Cl)nc2n1C(C)(C)C.CN(C)C(=O)c1cc2cnc(Nc3ccc(C(=O)N4CC5CCC(C4)N5C(=O)OC(C)(C)C)cn3)nc2n1C(C)(C)C. The van der Waals surface area contributed by atoms with Crippen LogP contribution in [0.25, 0.3) is 22.1 Å². The summed E-state index contributed by atoms with van der Waals surface area (Å²) in [5.74, 6) is 0.844. The van der Waals surface area contributed by atoms with E-state index in [1.165, 1.54) is 12.4 Å². The Morgan fingerprint density at radius 1 is 0.553 bits per heavy atom. The maximum atomic E-state index is 13.3. The van der Waals surface area contributed by atoms with Crippen LogP contribution < -0.4 is 11.1 Å². The Morgan fingerprint density at radius 2 is 0.953 bits per heavy atom. The molecular formula is C60H81ClN16O8. The number of rotatable bonds is 6. The third kappa shape index (κ3) is 14.3. The highest BCUT2D eigenvalue weighted by atomic mass is 35.5. The molecule has 0 aliphatic carbocycles. The quantitative estimate of drug-likeness (QED) is 0.148. The van der Waals surface area contributed by atoms with Crippen molar-refractivity contribution in [2.45, 2.75) is 155 Å². The fourth-order valence-corrected chi connectivity index (χ4v) is 11.2. The van der Waals surface area contributed by atoms with Gasteiger partial charge in [0, 0.05) is 101 Å². The molecule has 4 unspecified atom stereocenters. The molecule has 456 valence electrons. The molecule has 6 aromatic heterocycles. The van der Waals surface area contributed by atoms with Gasteiger partial charge in [0.2, 0.25) is 11.2 Å². The number of likely N-dealkylation sites (tertiary alicyclic amines) is 2. The van der Waals surface area contributed by atoms with Gasteiger partial charge in [-0.2, -0.15) is 9.97 Å². The van der Waals surface area contributed by atoms with Crippen molar-refractivity contribution in [3.05, 3.63) is 89.0 Å². The second-order valence-corrected chi connectivity index (χ2v) is 26.7. The number of amides is 6. The summed E-state index contributed by atoms with van der Waals surface area (Å²) in [6, 6.07) is 10.3. The summed E-state index contributed by atoms with van der Waals surface area (Å²) in [6.07, 6.45) is 9.26. The number of hydrogen-bond acceptors (Lipinski definition) is 16. The number of nitrogen functional groups attached to an aromatic ring is 1. The van der Waals surface area contributed by atoms with Crippen molar-refractivity contribution in [2.75, 3.05) is 65.4 Å². The lowest BCUT2D eigenvalue weighted by atomic mass is 10.1. The minimum absolute atomic E-state index is 0.0179. The maximum Gasteiger partial charge on any atom is 0.410 e. The van der Waals surface area contributed by atoms with Crippen LogP contribution in [0.5, 0.6) is 0 Å². The summed E-state index contributed by atoms with van der Waals surface area (Å²) in [5, 5.41) is 4.87. The van der Waals surface area contributed by atoms with E-state index in [0.29, 0.717) is 77.6 Å². The molecule has 4 bridgehead atoms. The van der Waals surface area contributed by atoms with E-state index in [0.717, 1.165) is 36.5 Å². The average Bonchev–Trinajstić information content (AvgIpc) is 2.02. The Kier molecular flexibility index (Phi) is 17.8. The Morgan fingerprint density at radius 3 is 1.32 bits per heavy atom. The molecule has 0 saturated carbocycles.